The van der Waals surface area contributed by atoms with Crippen LogP contribution in [0.1, 0.15) is 19.8 Å². The van der Waals surface area contributed by atoms with Gasteiger partial charge in [0.15, 0.2) is 0 Å². The van der Waals surface area contributed by atoms with Gasteiger partial charge in [0.25, 0.3) is 0 Å². The lowest BCUT2D eigenvalue weighted by Gasteiger charge is -2.32. The van der Waals surface area contributed by atoms with Gasteiger partial charge in [-0.15, -0.1) is 0 Å². The van der Waals surface area contributed by atoms with E-state index in [-0.39, 0.29) is 0 Å². The third kappa shape index (κ3) is 3.29. The molecule has 1 saturated carbocycles. The fourth-order valence-corrected chi connectivity index (χ4v) is 3.17. The van der Waals surface area contributed by atoms with E-state index in [0.717, 1.165) is 24.8 Å². The SMILES string of the molecule is COCCN(c1ccc(N)cc1I)C(C)C1CC1. The molecule has 0 bridgehead atoms. The van der Waals surface area contributed by atoms with Gasteiger partial charge >= 0.3 is 0 Å². The first-order valence-corrected chi connectivity index (χ1v) is 7.52. The second-order valence-corrected chi connectivity index (χ2v) is 6.14. The number of halogens is 1. The zero-order valence-electron chi connectivity index (χ0n) is 11.0. The highest BCUT2D eigenvalue weighted by atomic mass is 127. The number of nitrogens with two attached hydrogens (primary N) is 1. The Kier molecular flexibility index (Phi) is 4.72. The van der Waals surface area contributed by atoms with Crippen LogP contribution in [0.3, 0.4) is 0 Å². The maximum absolute atomic E-state index is 5.83. The molecule has 1 aliphatic rings. The molecule has 4 heteroatoms. The summed E-state index contributed by atoms with van der Waals surface area (Å²) in [6.07, 6.45) is 2.71. The molecule has 3 nitrogen and oxygen atoms in total. The average Bonchev–Trinajstić information content (AvgIpc) is 3.15. The van der Waals surface area contributed by atoms with Crippen LogP contribution in [-0.2, 0) is 4.74 Å². The van der Waals surface area contributed by atoms with Crippen LogP contribution in [0.4, 0.5) is 11.4 Å². The number of hydrogen-bond acceptors (Lipinski definition) is 3. The van der Waals surface area contributed by atoms with Gasteiger partial charge in [0.1, 0.15) is 0 Å². The van der Waals surface area contributed by atoms with E-state index in [4.69, 9.17) is 10.5 Å². The summed E-state index contributed by atoms with van der Waals surface area (Å²) in [5.74, 6) is 0.843. The van der Waals surface area contributed by atoms with E-state index in [1.54, 1.807) is 7.11 Å². The topological polar surface area (TPSA) is 38.5 Å². The van der Waals surface area contributed by atoms with Gasteiger partial charge in [0, 0.05) is 29.0 Å². The molecule has 0 aromatic heterocycles. The van der Waals surface area contributed by atoms with Crippen LogP contribution in [0.15, 0.2) is 18.2 Å². The van der Waals surface area contributed by atoms with Crippen molar-refractivity contribution in [3.8, 4) is 0 Å². The molecule has 1 aromatic rings. The molecule has 100 valence electrons. The Bertz CT molecular complexity index is 407. The molecule has 18 heavy (non-hydrogen) atoms. The van der Waals surface area contributed by atoms with Gasteiger partial charge in [0.05, 0.1) is 12.3 Å². The Morgan fingerprint density at radius 1 is 1.50 bits per heavy atom. The summed E-state index contributed by atoms with van der Waals surface area (Å²) in [6.45, 7) is 4.02. The predicted octanol–water partition coefficient (Wildman–Crippen LogP) is 3.12. The van der Waals surface area contributed by atoms with E-state index in [1.807, 2.05) is 12.1 Å². The third-order valence-electron chi connectivity index (χ3n) is 3.61. The Hall–Kier alpha value is -0.490. The van der Waals surface area contributed by atoms with E-state index in [1.165, 1.54) is 22.1 Å². The maximum Gasteiger partial charge on any atom is 0.0637 e. The van der Waals surface area contributed by atoms with Crippen molar-refractivity contribution in [3.05, 3.63) is 21.8 Å². The van der Waals surface area contributed by atoms with E-state index >= 15 is 0 Å². The van der Waals surface area contributed by atoms with Gasteiger partial charge in [-0.25, -0.2) is 0 Å². The molecule has 0 amide bonds. The van der Waals surface area contributed by atoms with Gasteiger partial charge in [-0.3, -0.25) is 0 Å². The summed E-state index contributed by atoms with van der Waals surface area (Å²) < 4.78 is 6.46. The van der Waals surface area contributed by atoms with Crippen molar-refractivity contribution in [2.45, 2.75) is 25.8 Å². The summed E-state index contributed by atoms with van der Waals surface area (Å²) >= 11 is 2.37. The molecule has 0 heterocycles. The highest BCUT2D eigenvalue weighted by molar-refractivity contribution is 14.1. The molecule has 2 rings (SSSR count). The summed E-state index contributed by atoms with van der Waals surface area (Å²) in [5.41, 5.74) is 7.93. The van der Waals surface area contributed by atoms with Crippen LogP contribution in [0.2, 0.25) is 0 Å². The van der Waals surface area contributed by atoms with Crippen molar-refractivity contribution < 1.29 is 4.74 Å². The minimum atomic E-state index is 0.581. The fraction of sp³-hybridized carbons (Fsp3) is 0.571. The molecular formula is C14H21IN2O. The highest BCUT2D eigenvalue weighted by Crippen LogP contribution is 2.38. The number of benzene rings is 1. The second-order valence-electron chi connectivity index (χ2n) is 4.98. The van der Waals surface area contributed by atoms with E-state index < -0.39 is 0 Å². The van der Waals surface area contributed by atoms with Gasteiger partial charge in [-0.1, -0.05) is 0 Å². The standard InChI is InChI=1S/C14H21IN2O/c1-10(11-3-4-11)17(7-8-18-2)14-6-5-12(16)9-13(14)15/h5-6,9-11H,3-4,7-8,16H2,1-2H3. The Morgan fingerprint density at radius 2 is 2.22 bits per heavy atom. The van der Waals surface area contributed by atoms with E-state index in [0.29, 0.717) is 6.04 Å². The van der Waals surface area contributed by atoms with Crippen molar-refractivity contribution in [2.24, 2.45) is 5.92 Å². The van der Waals surface area contributed by atoms with Gasteiger partial charge in [-0.05, 0) is 66.5 Å². The maximum atomic E-state index is 5.83. The Labute approximate surface area is 123 Å². The Morgan fingerprint density at radius 3 is 2.78 bits per heavy atom. The molecule has 2 N–H and O–H groups in total. The number of hydrogen-bond donors (Lipinski definition) is 1. The predicted molar refractivity (Wildman–Crippen MR) is 85.0 cm³/mol. The molecule has 1 aliphatic carbocycles. The number of nitrogens with zero attached hydrogens (tertiary/aromatic N) is 1. The lowest BCUT2D eigenvalue weighted by Crippen LogP contribution is -2.37. The summed E-state index contributed by atoms with van der Waals surface area (Å²) in [5, 5.41) is 0. The molecule has 1 aromatic carbocycles. The largest absolute Gasteiger partial charge is 0.399 e. The van der Waals surface area contributed by atoms with Crippen molar-refractivity contribution in [2.75, 3.05) is 30.9 Å². The minimum absolute atomic E-state index is 0.581. The van der Waals surface area contributed by atoms with Crippen LogP contribution < -0.4 is 10.6 Å². The molecule has 1 fully saturated rings. The van der Waals surface area contributed by atoms with E-state index in [2.05, 4.69) is 40.5 Å². The molecule has 0 spiro atoms. The number of anilines is 2. The van der Waals surface area contributed by atoms with Crippen LogP contribution in [0.5, 0.6) is 0 Å². The molecule has 0 saturated heterocycles. The summed E-state index contributed by atoms with van der Waals surface area (Å²) in [7, 11) is 1.76. The molecule has 1 unspecified atom stereocenters. The van der Waals surface area contributed by atoms with Crippen molar-refractivity contribution in [1.29, 1.82) is 0 Å². The first kappa shape index (κ1) is 13.9. The van der Waals surface area contributed by atoms with Crippen molar-refractivity contribution >= 4 is 34.0 Å². The van der Waals surface area contributed by atoms with Crippen molar-refractivity contribution in [1.82, 2.24) is 0 Å². The molecule has 1 atom stereocenters. The first-order chi connectivity index (χ1) is 8.63. The van der Waals surface area contributed by atoms with Crippen LogP contribution in [-0.4, -0.2) is 26.3 Å². The fourth-order valence-electron chi connectivity index (χ4n) is 2.32. The van der Waals surface area contributed by atoms with Crippen LogP contribution >= 0.6 is 22.6 Å². The number of rotatable bonds is 6. The molecular weight excluding hydrogens is 339 g/mol. The number of ether oxygens (including phenoxy) is 1. The zero-order chi connectivity index (χ0) is 13.1. The highest BCUT2D eigenvalue weighted by Gasteiger charge is 2.32. The first-order valence-electron chi connectivity index (χ1n) is 6.44. The lowest BCUT2D eigenvalue weighted by atomic mass is 10.1. The second kappa shape index (κ2) is 6.10. The molecule has 0 radical (unpaired) electrons. The number of methoxy groups -OCH3 is 1. The smallest absolute Gasteiger partial charge is 0.0637 e. The third-order valence-corrected chi connectivity index (χ3v) is 4.48. The zero-order valence-corrected chi connectivity index (χ0v) is 13.2. The van der Waals surface area contributed by atoms with Crippen molar-refractivity contribution in [3.63, 3.8) is 0 Å². The van der Waals surface area contributed by atoms with Crippen LogP contribution in [0.25, 0.3) is 0 Å². The normalized spacial score (nSPS) is 16.6. The van der Waals surface area contributed by atoms with E-state index in [9.17, 15) is 0 Å². The summed E-state index contributed by atoms with van der Waals surface area (Å²) in [6, 6.07) is 6.73. The van der Waals surface area contributed by atoms with Crippen LogP contribution in [0, 0.1) is 9.49 Å². The minimum Gasteiger partial charge on any atom is -0.399 e. The summed E-state index contributed by atoms with van der Waals surface area (Å²) in [4.78, 5) is 2.46. The monoisotopic (exact) mass is 360 g/mol. The number of nitrogen functional groups attached to an aromatic ring is 1. The van der Waals surface area contributed by atoms with Gasteiger partial charge in [0.2, 0.25) is 0 Å². The quantitative estimate of drug-likeness (QED) is 0.626. The Balaban J connectivity index is 2.20. The lowest BCUT2D eigenvalue weighted by molar-refractivity contribution is 0.202. The average molecular weight is 360 g/mol. The van der Waals surface area contributed by atoms with Gasteiger partial charge in [-0.2, -0.15) is 0 Å². The molecule has 0 aliphatic heterocycles. The van der Waals surface area contributed by atoms with Gasteiger partial charge < -0.3 is 15.4 Å².